The van der Waals surface area contributed by atoms with E-state index in [2.05, 4.69) is 5.32 Å². The molecule has 2 aromatic carbocycles. The number of benzene rings is 2. The molecule has 0 saturated carbocycles. The molecule has 0 radical (unpaired) electrons. The van der Waals surface area contributed by atoms with E-state index < -0.39 is 22.6 Å². The average Bonchev–Trinajstić information content (AvgIpc) is 2.85. The minimum absolute atomic E-state index is 0.0583. The zero-order valence-electron chi connectivity index (χ0n) is 22.6. The molecule has 39 heavy (non-hydrogen) atoms. The topological polar surface area (TPSA) is 117 Å². The van der Waals surface area contributed by atoms with Crippen molar-refractivity contribution in [3.05, 3.63) is 86.0 Å². The number of esters is 1. The monoisotopic (exact) mass is 538 g/mol. The zero-order chi connectivity index (χ0) is 28.5. The summed E-state index contributed by atoms with van der Waals surface area (Å²) >= 11 is 0. The van der Waals surface area contributed by atoms with Crippen LogP contribution in [0.5, 0.6) is 11.5 Å². The zero-order valence-corrected chi connectivity index (χ0v) is 22.6. The van der Waals surface area contributed by atoms with Gasteiger partial charge >= 0.3 is 11.7 Å². The SMILES string of the molecule is CCOC(=O)C1=C(C)NC2=C(C(=O)CC(C)(C)C2)[C@H]1c1ccc(OC)c(COc2cc(F)ccc2[N+](=O)[O-])c1. The molecular weight excluding hydrogens is 507 g/mol. The number of carbonyl (C=O) groups excluding carboxylic acids is 2. The summed E-state index contributed by atoms with van der Waals surface area (Å²) in [7, 11) is 1.47. The first-order valence-corrected chi connectivity index (χ1v) is 12.6. The van der Waals surface area contributed by atoms with Crippen molar-refractivity contribution in [3.8, 4) is 11.5 Å². The number of nitro benzene ring substituents is 1. The lowest BCUT2D eigenvalue weighted by Crippen LogP contribution is -2.38. The molecular formula is C29H31FN2O7. The number of halogens is 1. The van der Waals surface area contributed by atoms with Crippen LogP contribution in [0.4, 0.5) is 10.1 Å². The first-order chi connectivity index (χ1) is 18.5. The number of ether oxygens (including phenoxy) is 3. The average molecular weight is 539 g/mol. The minimum Gasteiger partial charge on any atom is -0.496 e. The number of nitro groups is 1. The molecule has 4 rings (SSSR count). The molecule has 9 nitrogen and oxygen atoms in total. The molecule has 1 aliphatic heterocycles. The summed E-state index contributed by atoms with van der Waals surface area (Å²) in [6, 6.07) is 8.17. The third kappa shape index (κ3) is 5.64. The number of allylic oxidation sites excluding steroid dienone is 3. The van der Waals surface area contributed by atoms with E-state index in [1.165, 1.54) is 7.11 Å². The number of hydrogen-bond acceptors (Lipinski definition) is 8. The summed E-state index contributed by atoms with van der Waals surface area (Å²) in [6.07, 6.45) is 0.960. The smallest absolute Gasteiger partial charge is 0.336 e. The van der Waals surface area contributed by atoms with Crippen LogP contribution in [0.25, 0.3) is 0 Å². The predicted molar refractivity (Wildman–Crippen MR) is 141 cm³/mol. The molecule has 1 aliphatic carbocycles. The standard InChI is InChI=1S/C29H31FN2O7/c1-6-38-28(34)25-16(2)31-20-13-29(3,4)14-22(33)27(20)26(25)17-7-10-23(37-5)18(11-17)15-39-24-12-19(30)8-9-21(24)32(35)36/h7-12,26,31H,6,13-15H2,1-5H3/t26-/m0/s1. The Morgan fingerprint density at radius 2 is 1.92 bits per heavy atom. The van der Waals surface area contributed by atoms with Gasteiger partial charge in [0.05, 0.1) is 24.2 Å². The maximum absolute atomic E-state index is 13.8. The van der Waals surface area contributed by atoms with Crippen molar-refractivity contribution in [1.29, 1.82) is 0 Å². The summed E-state index contributed by atoms with van der Waals surface area (Å²) in [6.45, 7) is 7.54. The van der Waals surface area contributed by atoms with Crippen LogP contribution in [-0.4, -0.2) is 30.4 Å². The Morgan fingerprint density at radius 3 is 2.59 bits per heavy atom. The van der Waals surface area contributed by atoms with Crippen molar-refractivity contribution in [2.45, 2.75) is 53.1 Å². The van der Waals surface area contributed by atoms with Gasteiger partial charge < -0.3 is 19.5 Å². The van der Waals surface area contributed by atoms with Gasteiger partial charge in [-0.15, -0.1) is 0 Å². The highest BCUT2D eigenvalue weighted by Crippen LogP contribution is 2.47. The van der Waals surface area contributed by atoms with E-state index in [0.29, 0.717) is 46.6 Å². The summed E-state index contributed by atoms with van der Waals surface area (Å²) in [4.78, 5) is 37.4. The van der Waals surface area contributed by atoms with E-state index in [1.54, 1.807) is 32.0 Å². The summed E-state index contributed by atoms with van der Waals surface area (Å²) in [5, 5.41) is 14.7. The fourth-order valence-electron chi connectivity index (χ4n) is 5.25. The van der Waals surface area contributed by atoms with E-state index in [4.69, 9.17) is 14.2 Å². The van der Waals surface area contributed by atoms with E-state index in [1.807, 2.05) is 13.8 Å². The molecule has 0 bridgehead atoms. The van der Waals surface area contributed by atoms with Gasteiger partial charge in [-0.05, 0) is 49.4 Å². The second-order valence-corrected chi connectivity index (χ2v) is 10.4. The Kier molecular flexibility index (Phi) is 7.76. The van der Waals surface area contributed by atoms with Crippen LogP contribution in [0.2, 0.25) is 0 Å². The lowest BCUT2D eigenvalue weighted by molar-refractivity contribution is -0.386. The van der Waals surface area contributed by atoms with Crippen LogP contribution >= 0.6 is 0 Å². The van der Waals surface area contributed by atoms with Crippen LogP contribution in [0.3, 0.4) is 0 Å². The van der Waals surface area contributed by atoms with Gasteiger partial charge in [0, 0.05) is 47.0 Å². The highest BCUT2D eigenvalue weighted by molar-refractivity contribution is 6.04. The van der Waals surface area contributed by atoms with E-state index >= 15 is 0 Å². The van der Waals surface area contributed by atoms with Gasteiger partial charge in [0.2, 0.25) is 0 Å². The molecule has 0 unspecified atom stereocenters. The fraction of sp³-hybridized carbons (Fsp3) is 0.379. The fourth-order valence-corrected chi connectivity index (χ4v) is 5.25. The first-order valence-electron chi connectivity index (χ1n) is 12.6. The number of ketones is 1. The molecule has 0 saturated heterocycles. The molecule has 0 aromatic heterocycles. The Morgan fingerprint density at radius 1 is 1.18 bits per heavy atom. The molecule has 1 heterocycles. The van der Waals surface area contributed by atoms with Gasteiger partial charge in [0.1, 0.15) is 18.2 Å². The van der Waals surface area contributed by atoms with Gasteiger partial charge in [-0.1, -0.05) is 19.9 Å². The number of carbonyl (C=O) groups is 2. The Hall–Kier alpha value is -4.21. The van der Waals surface area contributed by atoms with Gasteiger partial charge in [0.25, 0.3) is 0 Å². The van der Waals surface area contributed by atoms with Gasteiger partial charge in [-0.2, -0.15) is 0 Å². The van der Waals surface area contributed by atoms with Gasteiger partial charge in [-0.3, -0.25) is 14.9 Å². The van der Waals surface area contributed by atoms with Crippen LogP contribution < -0.4 is 14.8 Å². The van der Waals surface area contributed by atoms with Crippen molar-refractivity contribution in [2.24, 2.45) is 5.41 Å². The second kappa shape index (κ2) is 10.9. The van der Waals surface area contributed by atoms with Crippen molar-refractivity contribution in [3.63, 3.8) is 0 Å². The number of nitrogens with zero attached hydrogens (tertiary/aromatic N) is 1. The number of Topliss-reactive ketones (excluding diaryl/α,β-unsaturated/α-hetero) is 1. The van der Waals surface area contributed by atoms with Gasteiger partial charge in [0.15, 0.2) is 11.5 Å². The number of nitrogens with one attached hydrogen (secondary N) is 1. The Balaban J connectivity index is 1.80. The molecule has 0 fully saturated rings. The molecule has 206 valence electrons. The first kappa shape index (κ1) is 27.8. The van der Waals surface area contributed by atoms with Crippen molar-refractivity contribution in [1.82, 2.24) is 5.32 Å². The van der Waals surface area contributed by atoms with Crippen LogP contribution in [0.1, 0.15) is 57.6 Å². The summed E-state index contributed by atoms with van der Waals surface area (Å²) in [5.41, 5.74) is 2.74. The predicted octanol–water partition coefficient (Wildman–Crippen LogP) is 5.49. The van der Waals surface area contributed by atoms with E-state index in [0.717, 1.165) is 23.9 Å². The second-order valence-electron chi connectivity index (χ2n) is 10.4. The molecule has 10 heteroatoms. The van der Waals surface area contributed by atoms with E-state index in [9.17, 15) is 24.1 Å². The van der Waals surface area contributed by atoms with Crippen LogP contribution in [0, 0.1) is 21.3 Å². The van der Waals surface area contributed by atoms with E-state index in [-0.39, 0.29) is 35.8 Å². The molecule has 2 aliphatic rings. The Bertz CT molecular complexity index is 1410. The maximum atomic E-state index is 13.8. The quantitative estimate of drug-likeness (QED) is 0.266. The molecule has 2 aromatic rings. The Labute approximate surface area is 225 Å². The number of rotatable bonds is 8. The van der Waals surface area contributed by atoms with Crippen molar-refractivity contribution >= 4 is 17.4 Å². The third-order valence-electron chi connectivity index (χ3n) is 6.87. The highest BCUT2D eigenvalue weighted by Gasteiger charge is 2.43. The number of hydrogen-bond donors (Lipinski definition) is 1. The van der Waals surface area contributed by atoms with Gasteiger partial charge in [-0.25, -0.2) is 9.18 Å². The molecule has 1 atom stereocenters. The summed E-state index contributed by atoms with van der Waals surface area (Å²) < 4.78 is 30.4. The normalized spacial score (nSPS) is 18.3. The molecule has 1 N–H and O–H groups in total. The molecule has 0 amide bonds. The minimum atomic E-state index is -0.697. The number of dihydropyridines is 1. The van der Waals surface area contributed by atoms with Crippen molar-refractivity contribution in [2.75, 3.05) is 13.7 Å². The number of methoxy groups -OCH3 is 1. The lowest BCUT2D eigenvalue weighted by Gasteiger charge is -2.39. The summed E-state index contributed by atoms with van der Waals surface area (Å²) in [5.74, 6) is -1.76. The third-order valence-corrected chi connectivity index (χ3v) is 6.87. The maximum Gasteiger partial charge on any atom is 0.336 e. The van der Waals surface area contributed by atoms with Crippen LogP contribution in [-0.2, 0) is 20.9 Å². The lowest BCUT2D eigenvalue weighted by atomic mass is 9.68. The largest absolute Gasteiger partial charge is 0.496 e. The highest BCUT2D eigenvalue weighted by atomic mass is 19.1. The van der Waals surface area contributed by atoms with Crippen molar-refractivity contribution < 1.29 is 33.1 Å². The molecule has 0 spiro atoms. The van der Waals surface area contributed by atoms with Crippen LogP contribution in [0.15, 0.2) is 58.9 Å².